The molecule has 0 aromatic carbocycles. The number of ether oxygens (including phenoxy) is 1. The summed E-state index contributed by atoms with van der Waals surface area (Å²) in [5.41, 5.74) is 0. The Morgan fingerprint density at radius 3 is 3.06 bits per heavy atom. The molecule has 1 aromatic rings. The van der Waals surface area contributed by atoms with Crippen molar-refractivity contribution in [3.05, 3.63) is 20.8 Å². The molecular weight excluding hydrogens is 300 g/mol. The summed E-state index contributed by atoms with van der Waals surface area (Å²) in [6.07, 6.45) is 5.00. The van der Waals surface area contributed by atoms with Gasteiger partial charge in [0.25, 0.3) is 0 Å². The van der Waals surface area contributed by atoms with Crippen molar-refractivity contribution in [1.29, 1.82) is 0 Å². The maximum absolute atomic E-state index is 11.9. The summed E-state index contributed by atoms with van der Waals surface area (Å²) in [7, 11) is 0. The first-order valence-electron chi connectivity index (χ1n) is 6.04. The summed E-state index contributed by atoms with van der Waals surface area (Å²) in [5, 5.41) is 1.92. The number of carbonyl (C=O) groups is 1. The lowest BCUT2D eigenvalue weighted by Crippen LogP contribution is -2.24. The largest absolute Gasteiger partial charge is 0.370 e. The quantitative estimate of drug-likeness (QED) is 0.775. The molecule has 2 nitrogen and oxygen atoms in total. The van der Waals surface area contributed by atoms with Gasteiger partial charge in [0, 0.05) is 4.47 Å². The van der Waals surface area contributed by atoms with E-state index in [1.54, 1.807) is 0 Å². The monoisotopic (exact) mass is 316 g/mol. The molecule has 94 valence electrons. The van der Waals surface area contributed by atoms with Crippen LogP contribution in [-0.4, -0.2) is 18.5 Å². The number of ketones is 1. The predicted molar refractivity (Wildman–Crippen MR) is 73.7 cm³/mol. The molecule has 1 saturated carbocycles. The zero-order valence-electron chi connectivity index (χ0n) is 9.95. The van der Waals surface area contributed by atoms with Gasteiger partial charge in [0.05, 0.1) is 11.0 Å². The van der Waals surface area contributed by atoms with Crippen molar-refractivity contribution in [2.75, 3.05) is 6.61 Å². The average molecular weight is 317 g/mol. The highest BCUT2D eigenvalue weighted by Crippen LogP contribution is 2.27. The average Bonchev–Trinajstić information content (AvgIpc) is 2.72. The van der Waals surface area contributed by atoms with Gasteiger partial charge in [-0.2, -0.15) is 0 Å². The van der Waals surface area contributed by atoms with Crippen LogP contribution < -0.4 is 0 Å². The number of hydrogen-bond acceptors (Lipinski definition) is 3. The van der Waals surface area contributed by atoms with Crippen LogP contribution in [0.15, 0.2) is 15.9 Å². The van der Waals surface area contributed by atoms with Crippen molar-refractivity contribution in [3.63, 3.8) is 0 Å². The molecule has 1 heterocycles. The van der Waals surface area contributed by atoms with Crippen LogP contribution in [0.4, 0.5) is 0 Å². The predicted octanol–water partition coefficient (Wildman–Crippen LogP) is 4.29. The summed E-state index contributed by atoms with van der Waals surface area (Å²) in [5.74, 6) is 0.822. The van der Waals surface area contributed by atoms with Crippen molar-refractivity contribution in [1.82, 2.24) is 0 Å². The lowest BCUT2D eigenvalue weighted by Gasteiger charge is -2.26. The Morgan fingerprint density at radius 1 is 1.59 bits per heavy atom. The van der Waals surface area contributed by atoms with Gasteiger partial charge in [0.2, 0.25) is 0 Å². The van der Waals surface area contributed by atoms with E-state index in [1.807, 2.05) is 11.4 Å². The molecule has 0 saturated heterocycles. The molecule has 1 fully saturated rings. The summed E-state index contributed by atoms with van der Waals surface area (Å²) in [4.78, 5) is 12.7. The van der Waals surface area contributed by atoms with Gasteiger partial charge in [-0.15, -0.1) is 11.3 Å². The van der Waals surface area contributed by atoms with Crippen LogP contribution in [0.2, 0.25) is 0 Å². The molecule has 2 atom stereocenters. The number of Topliss-reactive ketones (excluding diaryl/α,β-unsaturated/α-hetero) is 1. The molecule has 2 unspecified atom stereocenters. The number of thiophene rings is 1. The molecule has 0 N–H and O–H groups in total. The van der Waals surface area contributed by atoms with Crippen LogP contribution in [0.3, 0.4) is 0 Å². The molecule has 0 radical (unpaired) electrons. The summed E-state index contributed by atoms with van der Waals surface area (Å²) < 4.78 is 6.61. The van der Waals surface area contributed by atoms with E-state index in [1.165, 1.54) is 24.2 Å². The minimum Gasteiger partial charge on any atom is -0.370 e. The highest BCUT2D eigenvalue weighted by molar-refractivity contribution is 9.10. The number of hydrogen-bond donors (Lipinski definition) is 0. The van der Waals surface area contributed by atoms with Crippen LogP contribution in [0.1, 0.15) is 42.3 Å². The van der Waals surface area contributed by atoms with E-state index in [4.69, 9.17) is 4.74 Å². The molecule has 0 aliphatic heterocycles. The van der Waals surface area contributed by atoms with Crippen LogP contribution in [-0.2, 0) is 4.74 Å². The second kappa shape index (κ2) is 6.12. The van der Waals surface area contributed by atoms with Crippen LogP contribution in [0, 0.1) is 5.92 Å². The Balaban J connectivity index is 1.82. The van der Waals surface area contributed by atoms with E-state index >= 15 is 0 Å². The lowest BCUT2D eigenvalue weighted by atomic mass is 9.89. The molecule has 1 aliphatic rings. The summed E-state index contributed by atoms with van der Waals surface area (Å²) >= 11 is 4.84. The van der Waals surface area contributed by atoms with E-state index in [0.717, 1.165) is 28.1 Å². The van der Waals surface area contributed by atoms with Crippen molar-refractivity contribution >= 4 is 33.0 Å². The molecule has 2 rings (SSSR count). The Morgan fingerprint density at radius 2 is 2.41 bits per heavy atom. The lowest BCUT2D eigenvalue weighted by molar-refractivity contribution is 0.0184. The topological polar surface area (TPSA) is 26.3 Å². The summed E-state index contributed by atoms with van der Waals surface area (Å²) in [6.45, 7) is 2.48. The van der Waals surface area contributed by atoms with Gasteiger partial charge < -0.3 is 4.74 Å². The molecule has 0 spiro atoms. The van der Waals surface area contributed by atoms with E-state index in [9.17, 15) is 4.79 Å². The van der Waals surface area contributed by atoms with Gasteiger partial charge in [-0.1, -0.05) is 19.8 Å². The highest BCUT2D eigenvalue weighted by Gasteiger charge is 2.21. The van der Waals surface area contributed by atoms with Crippen LogP contribution in [0.5, 0.6) is 0 Å². The van der Waals surface area contributed by atoms with Crippen LogP contribution in [0.25, 0.3) is 0 Å². The second-order valence-electron chi connectivity index (χ2n) is 4.73. The SMILES string of the molecule is CC1CCCC(OCC(=O)c2sccc2Br)C1. The van der Waals surface area contributed by atoms with Crippen molar-refractivity contribution in [2.45, 2.75) is 38.7 Å². The Kier molecular flexibility index (Phi) is 4.77. The first kappa shape index (κ1) is 13.2. The fraction of sp³-hybridized carbons (Fsp3) is 0.615. The second-order valence-corrected chi connectivity index (χ2v) is 6.50. The Labute approximate surface area is 114 Å². The number of halogens is 1. The van der Waals surface area contributed by atoms with Gasteiger partial charge in [-0.05, 0) is 46.1 Å². The number of rotatable bonds is 4. The third-order valence-corrected chi connectivity index (χ3v) is 5.09. The fourth-order valence-corrected chi connectivity index (χ4v) is 3.80. The van der Waals surface area contributed by atoms with E-state index < -0.39 is 0 Å². The normalized spacial score (nSPS) is 24.8. The first-order chi connectivity index (χ1) is 8.16. The fourth-order valence-electron chi connectivity index (χ4n) is 2.28. The third-order valence-electron chi connectivity index (χ3n) is 3.21. The maximum atomic E-state index is 11.9. The Hall–Kier alpha value is -0.190. The third kappa shape index (κ3) is 3.63. The van der Waals surface area contributed by atoms with E-state index in [2.05, 4.69) is 22.9 Å². The molecule has 0 amide bonds. The van der Waals surface area contributed by atoms with Crippen LogP contribution >= 0.6 is 27.3 Å². The van der Waals surface area contributed by atoms with Gasteiger partial charge in [-0.3, -0.25) is 4.79 Å². The van der Waals surface area contributed by atoms with Gasteiger partial charge in [0.15, 0.2) is 5.78 Å². The molecule has 17 heavy (non-hydrogen) atoms. The first-order valence-corrected chi connectivity index (χ1v) is 7.72. The summed E-state index contributed by atoms with van der Waals surface area (Å²) in [6, 6.07) is 1.90. The minimum atomic E-state index is 0.0881. The van der Waals surface area contributed by atoms with Crippen molar-refractivity contribution < 1.29 is 9.53 Å². The van der Waals surface area contributed by atoms with Gasteiger partial charge in [-0.25, -0.2) is 0 Å². The van der Waals surface area contributed by atoms with Gasteiger partial charge in [0.1, 0.15) is 6.61 Å². The maximum Gasteiger partial charge on any atom is 0.199 e. The van der Waals surface area contributed by atoms with E-state index in [0.29, 0.717) is 0 Å². The molecular formula is C13H17BrO2S. The van der Waals surface area contributed by atoms with Crippen molar-refractivity contribution in [2.24, 2.45) is 5.92 Å². The molecule has 0 bridgehead atoms. The van der Waals surface area contributed by atoms with Gasteiger partial charge >= 0.3 is 0 Å². The molecule has 4 heteroatoms. The molecule has 1 aromatic heterocycles. The minimum absolute atomic E-state index is 0.0881. The zero-order valence-corrected chi connectivity index (χ0v) is 12.4. The standard InChI is InChI=1S/C13H17BrO2S/c1-9-3-2-4-10(7-9)16-8-12(15)13-11(14)5-6-17-13/h5-6,9-10H,2-4,7-8H2,1H3. The van der Waals surface area contributed by atoms with E-state index in [-0.39, 0.29) is 18.5 Å². The number of carbonyl (C=O) groups excluding carboxylic acids is 1. The zero-order chi connectivity index (χ0) is 12.3. The van der Waals surface area contributed by atoms with Crippen molar-refractivity contribution in [3.8, 4) is 0 Å². The Bertz CT molecular complexity index is 389. The highest BCUT2D eigenvalue weighted by atomic mass is 79.9. The molecule has 1 aliphatic carbocycles. The smallest absolute Gasteiger partial charge is 0.199 e.